The molecule has 0 atom stereocenters. The minimum absolute atomic E-state index is 0.0914. The number of fused-ring (bicyclic) bond motifs is 1. The minimum atomic E-state index is -0.280. The van der Waals surface area contributed by atoms with Crippen molar-refractivity contribution in [3.05, 3.63) is 29.5 Å². The molecule has 7 nitrogen and oxygen atoms in total. The van der Waals surface area contributed by atoms with Gasteiger partial charge in [-0.2, -0.15) is 0 Å². The molecule has 23 heavy (non-hydrogen) atoms. The van der Waals surface area contributed by atoms with Crippen LogP contribution in [0, 0.1) is 6.92 Å². The number of aryl methyl sites for hydroxylation is 1. The van der Waals surface area contributed by atoms with E-state index in [-0.39, 0.29) is 11.9 Å². The fourth-order valence-corrected chi connectivity index (χ4v) is 2.66. The number of nitrogens with zero attached hydrogens (tertiary/aromatic N) is 1. The van der Waals surface area contributed by atoms with Crippen LogP contribution in [0.2, 0.25) is 0 Å². The van der Waals surface area contributed by atoms with Gasteiger partial charge in [0.25, 0.3) is 5.91 Å². The maximum atomic E-state index is 12.3. The van der Waals surface area contributed by atoms with E-state index in [1.807, 2.05) is 19.1 Å². The molecule has 122 valence electrons. The minimum Gasteiger partial charge on any atom is -0.497 e. The maximum Gasteiger partial charge on any atom is 0.317 e. The fraction of sp³-hybridized carbons (Fsp3) is 0.375. The van der Waals surface area contributed by atoms with Gasteiger partial charge in [-0.3, -0.25) is 4.79 Å². The van der Waals surface area contributed by atoms with Gasteiger partial charge in [0.15, 0.2) is 5.76 Å². The molecule has 0 aliphatic carbocycles. The van der Waals surface area contributed by atoms with Crippen molar-refractivity contribution in [3.8, 4) is 5.75 Å². The predicted molar refractivity (Wildman–Crippen MR) is 84.8 cm³/mol. The highest BCUT2D eigenvalue weighted by Crippen LogP contribution is 2.28. The number of methoxy groups -OCH3 is 1. The molecule has 1 fully saturated rings. The molecule has 2 N–H and O–H groups in total. The molecule has 3 rings (SSSR count). The summed E-state index contributed by atoms with van der Waals surface area (Å²) in [6.07, 6.45) is 0. The molecule has 1 aromatic heterocycles. The first-order chi connectivity index (χ1) is 11.1. The number of carbonyl (C=O) groups excluding carboxylic acids is 2. The maximum absolute atomic E-state index is 12.3. The van der Waals surface area contributed by atoms with E-state index in [9.17, 15) is 9.59 Å². The van der Waals surface area contributed by atoms with Gasteiger partial charge in [0.2, 0.25) is 0 Å². The van der Waals surface area contributed by atoms with Crippen molar-refractivity contribution >= 4 is 22.9 Å². The van der Waals surface area contributed by atoms with E-state index in [0.29, 0.717) is 43.3 Å². The monoisotopic (exact) mass is 317 g/mol. The molecule has 0 saturated carbocycles. The van der Waals surface area contributed by atoms with E-state index in [2.05, 4.69) is 10.6 Å². The Labute approximate surface area is 133 Å². The van der Waals surface area contributed by atoms with Crippen LogP contribution in [-0.4, -0.2) is 50.1 Å². The zero-order valence-electron chi connectivity index (χ0n) is 13.1. The van der Waals surface area contributed by atoms with Gasteiger partial charge in [0, 0.05) is 43.2 Å². The van der Waals surface area contributed by atoms with E-state index >= 15 is 0 Å². The van der Waals surface area contributed by atoms with Gasteiger partial charge in [0.05, 0.1) is 7.11 Å². The third kappa shape index (κ3) is 2.94. The lowest BCUT2D eigenvalue weighted by Crippen LogP contribution is -2.36. The van der Waals surface area contributed by atoms with E-state index in [4.69, 9.17) is 9.15 Å². The van der Waals surface area contributed by atoms with Crippen molar-refractivity contribution in [1.29, 1.82) is 0 Å². The highest BCUT2D eigenvalue weighted by Gasteiger charge is 2.21. The molecule has 0 unspecified atom stereocenters. The molecule has 0 bridgehead atoms. The first-order valence-electron chi connectivity index (χ1n) is 7.48. The lowest BCUT2D eigenvalue weighted by atomic mass is 10.1. The van der Waals surface area contributed by atoms with Crippen molar-refractivity contribution in [1.82, 2.24) is 15.5 Å². The topological polar surface area (TPSA) is 83.8 Å². The van der Waals surface area contributed by atoms with Crippen LogP contribution in [0.3, 0.4) is 0 Å². The summed E-state index contributed by atoms with van der Waals surface area (Å²) < 4.78 is 10.8. The Hall–Kier alpha value is -2.70. The Kier molecular flexibility index (Phi) is 4.10. The molecule has 0 spiro atoms. The smallest absolute Gasteiger partial charge is 0.317 e. The number of nitrogens with one attached hydrogen (secondary N) is 2. The molecule has 3 amide bonds. The molecule has 1 aromatic carbocycles. The molecular weight excluding hydrogens is 298 g/mol. The molecule has 2 aromatic rings. The number of urea groups is 1. The molecular formula is C16H19N3O4. The Morgan fingerprint density at radius 3 is 3.00 bits per heavy atom. The van der Waals surface area contributed by atoms with Crippen LogP contribution in [0.1, 0.15) is 16.1 Å². The number of hydrogen-bond acceptors (Lipinski definition) is 4. The summed E-state index contributed by atoms with van der Waals surface area (Å²) in [4.78, 5) is 25.4. The van der Waals surface area contributed by atoms with E-state index in [0.717, 1.165) is 10.9 Å². The van der Waals surface area contributed by atoms with E-state index in [1.165, 1.54) is 0 Å². The van der Waals surface area contributed by atoms with Gasteiger partial charge < -0.3 is 24.7 Å². The van der Waals surface area contributed by atoms with Crippen LogP contribution in [0.4, 0.5) is 4.79 Å². The van der Waals surface area contributed by atoms with Crippen LogP contribution >= 0.6 is 0 Å². The van der Waals surface area contributed by atoms with Crippen molar-refractivity contribution in [2.24, 2.45) is 0 Å². The normalized spacial score (nSPS) is 14.2. The standard InChI is InChI=1S/C16H19N3O4/c1-10-12-4-3-11(22-2)9-13(12)23-14(10)15(20)17-5-7-19-8-6-18-16(19)21/h3-4,9H,5-8H2,1-2H3,(H,17,20)(H,18,21). The number of rotatable bonds is 5. The summed E-state index contributed by atoms with van der Waals surface area (Å²) in [5, 5.41) is 6.40. The second-order valence-corrected chi connectivity index (χ2v) is 5.39. The van der Waals surface area contributed by atoms with Gasteiger partial charge in [-0.15, -0.1) is 0 Å². The van der Waals surface area contributed by atoms with Crippen LogP contribution in [0.25, 0.3) is 11.0 Å². The van der Waals surface area contributed by atoms with Gasteiger partial charge in [-0.25, -0.2) is 4.79 Å². The van der Waals surface area contributed by atoms with Crippen molar-refractivity contribution in [2.45, 2.75) is 6.92 Å². The highest BCUT2D eigenvalue weighted by atomic mass is 16.5. The summed E-state index contributed by atoms with van der Waals surface area (Å²) in [5.41, 5.74) is 1.41. The Bertz CT molecular complexity index is 753. The predicted octanol–water partition coefficient (Wildman–Crippen LogP) is 1.50. The summed E-state index contributed by atoms with van der Waals surface area (Å²) in [5.74, 6) is 0.689. The van der Waals surface area contributed by atoms with Gasteiger partial charge in [0.1, 0.15) is 11.3 Å². The third-order valence-corrected chi connectivity index (χ3v) is 3.96. The first kappa shape index (κ1) is 15.2. The van der Waals surface area contributed by atoms with Crippen LogP contribution in [0.5, 0.6) is 5.75 Å². The Morgan fingerprint density at radius 2 is 2.30 bits per heavy atom. The average Bonchev–Trinajstić information content (AvgIpc) is 3.11. The number of carbonyl (C=O) groups is 2. The van der Waals surface area contributed by atoms with Crippen LogP contribution in [0.15, 0.2) is 22.6 Å². The number of hydrogen-bond donors (Lipinski definition) is 2. The number of furan rings is 1. The summed E-state index contributed by atoms with van der Waals surface area (Å²) in [6, 6.07) is 5.37. The quantitative estimate of drug-likeness (QED) is 0.875. The number of ether oxygens (including phenoxy) is 1. The largest absolute Gasteiger partial charge is 0.497 e. The van der Waals surface area contributed by atoms with E-state index in [1.54, 1.807) is 18.1 Å². The highest BCUT2D eigenvalue weighted by molar-refractivity contribution is 5.99. The lowest BCUT2D eigenvalue weighted by molar-refractivity contribution is 0.0924. The molecule has 1 saturated heterocycles. The van der Waals surface area contributed by atoms with Gasteiger partial charge >= 0.3 is 6.03 Å². The average molecular weight is 317 g/mol. The summed E-state index contributed by atoms with van der Waals surface area (Å²) in [7, 11) is 1.58. The Morgan fingerprint density at radius 1 is 1.48 bits per heavy atom. The second-order valence-electron chi connectivity index (χ2n) is 5.39. The van der Waals surface area contributed by atoms with Gasteiger partial charge in [-0.05, 0) is 19.1 Å². The van der Waals surface area contributed by atoms with Crippen molar-refractivity contribution in [3.63, 3.8) is 0 Å². The zero-order chi connectivity index (χ0) is 16.4. The molecule has 2 heterocycles. The molecule has 7 heteroatoms. The third-order valence-electron chi connectivity index (χ3n) is 3.96. The van der Waals surface area contributed by atoms with Crippen molar-refractivity contribution < 1.29 is 18.7 Å². The summed E-state index contributed by atoms with van der Waals surface area (Å²) >= 11 is 0. The molecule has 0 radical (unpaired) electrons. The van der Waals surface area contributed by atoms with E-state index < -0.39 is 0 Å². The van der Waals surface area contributed by atoms with Crippen LogP contribution < -0.4 is 15.4 Å². The van der Waals surface area contributed by atoms with Crippen molar-refractivity contribution in [2.75, 3.05) is 33.3 Å². The summed E-state index contributed by atoms with van der Waals surface area (Å²) in [6.45, 7) is 4.02. The number of benzene rings is 1. The zero-order valence-corrected chi connectivity index (χ0v) is 13.1. The molecule has 1 aliphatic heterocycles. The number of amides is 3. The van der Waals surface area contributed by atoms with Gasteiger partial charge in [-0.1, -0.05) is 0 Å². The lowest BCUT2D eigenvalue weighted by Gasteiger charge is -2.13. The first-order valence-corrected chi connectivity index (χ1v) is 7.48. The fourth-order valence-electron chi connectivity index (χ4n) is 2.66. The second kappa shape index (κ2) is 6.20. The molecule has 1 aliphatic rings. The SMILES string of the molecule is COc1ccc2c(C)c(C(=O)NCCN3CCNC3=O)oc2c1. The Balaban J connectivity index is 1.68. The van der Waals surface area contributed by atoms with Crippen LogP contribution in [-0.2, 0) is 0 Å².